The van der Waals surface area contributed by atoms with Gasteiger partial charge in [0, 0.05) is 16.6 Å². The van der Waals surface area contributed by atoms with E-state index in [9.17, 15) is 4.79 Å². The first-order chi connectivity index (χ1) is 11.7. The van der Waals surface area contributed by atoms with Gasteiger partial charge in [-0.2, -0.15) is 0 Å². The Bertz CT molecular complexity index is 876. The molecule has 4 nitrogen and oxygen atoms in total. The maximum absolute atomic E-state index is 12.9. The van der Waals surface area contributed by atoms with Crippen LogP contribution >= 0.6 is 27.3 Å². The third-order valence-corrected chi connectivity index (χ3v) is 5.87. The molecule has 0 N–H and O–H groups in total. The standard InChI is InChI=1S/C18H16BrN3OS/c19-13-7-8-15-16(10-13)24-18(21-15)22(17(23)12-4-3-5-12)11-14-6-1-2-9-20-14/h1-2,6-10,12H,3-5,11H2. The Kier molecular flexibility index (Phi) is 4.33. The van der Waals surface area contributed by atoms with E-state index in [0.29, 0.717) is 6.54 Å². The van der Waals surface area contributed by atoms with Crippen molar-refractivity contribution in [1.29, 1.82) is 0 Å². The number of thiazole rings is 1. The van der Waals surface area contributed by atoms with Gasteiger partial charge in [0.25, 0.3) is 0 Å². The van der Waals surface area contributed by atoms with Crippen molar-refractivity contribution in [3.63, 3.8) is 0 Å². The molecule has 1 fully saturated rings. The van der Waals surface area contributed by atoms with Crippen LogP contribution in [0.25, 0.3) is 10.2 Å². The van der Waals surface area contributed by atoms with Gasteiger partial charge in [-0.1, -0.05) is 39.8 Å². The lowest BCUT2D eigenvalue weighted by molar-refractivity contribution is -0.124. The van der Waals surface area contributed by atoms with Crippen molar-refractivity contribution in [2.45, 2.75) is 25.8 Å². The molecule has 1 aliphatic carbocycles. The molecular formula is C18H16BrN3OS. The van der Waals surface area contributed by atoms with Crippen LogP contribution in [0, 0.1) is 5.92 Å². The molecule has 2 heterocycles. The second-order valence-electron chi connectivity index (χ2n) is 5.98. The largest absolute Gasteiger partial charge is 0.282 e. The second kappa shape index (κ2) is 6.61. The Balaban J connectivity index is 1.71. The zero-order chi connectivity index (χ0) is 16.5. The molecule has 0 unspecified atom stereocenters. The molecule has 24 heavy (non-hydrogen) atoms. The molecule has 1 amide bonds. The molecule has 3 aromatic rings. The summed E-state index contributed by atoms with van der Waals surface area (Å²) in [4.78, 5) is 23.8. The van der Waals surface area contributed by atoms with Gasteiger partial charge in [-0.15, -0.1) is 0 Å². The number of aromatic nitrogens is 2. The van der Waals surface area contributed by atoms with E-state index in [1.807, 2.05) is 41.3 Å². The molecule has 6 heteroatoms. The van der Waals surface area contributed by atoms with Gasteiger partial charge in [0.15, 0.2) is 5.13 Å². The quantitative estimate of drug-likeness (QED) is 0.631. The summed E-state index contributed by atoms with van der Waals surface area (Å²) in [5, 5.41) is 0.755. The van der Waals surface area contributed by atoms with Gasteiger partial charge in [-0.25, -0.2) is 4.98 Å². The Morgan fingerprint density at radius 2 is 2.17 bits per heavy atom. The minimum atomic E-state index is 0.132. The Morgan fingerprint density at radius 1 is 1.29 bits per heavy atom. The van der Waals surface area contributed by atoms with Crippen LogP contribution in [0.1, 0.15) is 25.0 Å². The highest BCUT2D eigenvalue weighted by atomic mass is 79.9. The van der Waals surface area contributed by atoms with Crippen molar-refractivity contribution >= 4 is 48.5 Å². The minimum absolute atomic E-state index is 0.132. The zero-order valence-corrected chi connectivity index (χ0v) is 15.4. The monoisotopic (exact) mass is 401 g/mol. The molecule has 0 spiro atoms. The number of amides is 1. The van der Waals surface area contributed by atoms with Crippen LogP contribution < -0.4 is 4.90 Å². The van der Waals surface area contributed by atoms with Crippen molar-refractivity contribution in [3.05, 3.63) is 52.8 Å². The minimum Gasteiger partial charge on any atom is -0.282 e. The van der Waals surface area contributed by atoms with E-state index in [1.165, 1.54) is 0 Å². The van der Waals surface area contributed by atoms with Crippen molar-refractivity contribution < 1.29 is 4.79 Å². The normalized spacial score (nSPS) is 14.5. The Hall–Kier alpha value is -1.79. The average Bonchev–Trinajstić information content (AvgIpc) is 2.94. The van der Waals surface area contributed by atoms with E-state index >= 15 is 0 Å². The molecule has 0 bridgehead atoms. The molecule has 122 valence electrons. The van der Waals surface area contributed by atoms with E-state index in [-0.39, 0.29) is 11.8 Å². The van der Waals surface area contributed by atoms with Crippen molar-refractivity contribution in [2.24, 2.45) is 5.92 Å². The lowest BCUT2D eigenvalue weighted by Gasteiger charge is -2.30. The van der Waals surface area contributed by atoms with Crippen LogP contribution in [0.4, 0.5) is 5.13 Å². The number of carbonyl (C=O) groups is 1. The van der Waals surface area contributed by atoms with Gasteiger partial charge in [-0.05, 0) is 43.2 Å². The van der Waals surface area contributed by atoms with Crippen molar-refractivity contribution in [1.82, 2.24) is 9.97 Å². The number of carbonyl (C=O) groups excluding carboxylic acids is 1. The fraction of sp³-hybridized carbons (Fsp3) is 0.278. The Labute approximate surface area is 152 Å². The van der Waals surface area contributed by atoms with Gasteiger partial charge < -0.3 is 0 Å². The first kappa shape index (κ1) is 15.7. The number of pyridine rings is 1. The molecule has 0 radical (unpaired) electrons. The molecule has 0 saturated heterocycles. The number of fused-ring (bicyclic) bond motifs is 1. The van der Waals surface area contributed by atoms with Crippen LogP contribution in [0.5, 0.6) is 0 Å². The number of hydrogen-bond acceptors (Lipinski definition) is 4. The molecule has 1 aliphatic rings. The van der Waals surface area contributed by atoms with Crippen LogP contribution in [-0.2, 0) is 11.3 Å². The van der Waals surface area contributed by atoms with Gasteiger partial charge >= 0.3 is 0 Å². The number of halogens is 1. The molecule has 0 aliphatic heterocycles. The number of hydrogen-bond donors (Lipinski definition) is 0. The first-order valence-electron chi connectivity index (χ1n) is 7.98. The van der Waals surface area contributed by atoms with E-state index in [2.05, 4.69) is 25.9 Å². The van der Waals surface area contributed by atoms with Gasteiger partial charge in [0.05, 0.1) is 22.5 Å². The van der Waals surface area contributed by atoms with Crippen LogP contribution in [-0.4, -0.2) is 15.9 Å². The highest BCUT2D eigenvalue weighted by molar-refractivity contribution is 9.10. The summed E-state index contributed by atoms with van der Waals surface area (Å²) in [6.07, 6.45) is 4.86. The number of nitrogens with zero attached hydrogens (tertiary/aromatic N) is 3. The lowest BCUT2D eigenvalue weighted by Crippen LogP contribution is -2.38. The second-order valence-corrected chi connectivity index (χ2v) is 7.91. The van der Waals surface area contributed by atoms with E-state index in [1.54, 1.807) is 17.5 Å². The average molecular weight is 402 g/mol. The highest BCUT2D eigenvalue weighted by Crippen LogP contribution is 2.35. The van der Waals surface area contributed by atoms with Gasteiger partial charge in [0.1, 0.15) is 0 Å². The summed E-state index contributed by atoms with van der Waals surface area (Å²) in [6.45, 7) is 0.469. The lowest BCUT2D eigenvalue weighted by atomic mass is 9.84. The number of rotatable bonds is 4. The fourth-order valence-electron chi connectivity index (χ4n) is 2.77. The van der Waals surface area contributed by atoms with E-state index in [4.69, 9.17) is 0 Å². The van der Waals surface area contributed by atoms with E-state index < -0.39 is 0 Å². The Morgan fingerprint density at radius 3 is 2.88 bits per heavy atom. The molecule has 4 rings (SSSR count). The summed E-state index contributed by atoms with van der Waals surface area (Å²) >= 11 is 5.05. The van der Waals surface area contributed by atoms with Crippen LogP contribution in [0.15, 0.2) is 47.1 Å². The molecule has 1 saturated carbocycles. The fourth-order valence-corrected chi connectivity index (χ4v) is 4.29. The maximum Gasteiger partial charge on any atom is 0.232 e. The highest BCUT2D eigenvalue weighted by Gasteiger charge is 2.31. The summed E-state index contributed by atoms with van der Waals surface area (Å²) in [6, 6.07) is 11.8. The SMILES string of the molecule is O=C(C1CCC1)N(Cc1ccccn1)c1nc2ccc(Br)cc2s1. The van der Waals surface area contributed by atoms with Crippen molar-refractivity contribution in [3.8, 4) is 0 Å². The number of anilines is 1. The molecule has 0 atom stereocenters. The predicted octanol–water partition coefficient (Wildman–Crippen LogP) is 4.79. The summed E-state index contributed by atoms with van der Waals surface area (Å²) in [5.41, 5.74) is 1.80. The van der Waals surface area contributed by atoms with Gasteiger partial charge in [0.2, 0.25) is 5.91 Å². The molecule has 1 aromatic carbocycles. The first-order valence-corrected chi connectivity index (χ1v) is 9.59. The number of benzene rings is 1. The van der Waals surface area contributed by atoms with Crippen LogP contribution in [0.3, 0.4) is 0 Å². The van der Waals surface area contributed by atoms with Crippen molar-refractivity contribution in [2.75, 3.05) is 4.90 Å². The summed E-state index contributed by atoms with van der Waals surface area (Å²) in [5.74, 6) is 0.303. The third-order valence-electron chi connectivity index (χ3n) is 4.34. The zero-order valence-electron chi connectivity index (χ0n) is 13.0. The summed E-state index contributed by atoms with van der Waals surface area (Å²) in [7, 11) is 0. The molecular weight excluding hydrogens is 386 g/mol. The van der Waals surface area contributed by atoms with Gasteiger partial charge in [-0.3, -0.25) is 14.7 Å². The van der Waals surface area contributed by atoms with Crippen LogP contribution in [0.2, 0.25) is 0 Å². The maximum atomic E-state index is 12.9. The predicted molar refractivity (Wildman–Crippen MR) is 100 cm³/mol. The third kappa shape index (κ3) is 3.08. The summed E-state index contributed by atoms with van der Waals surface area (Å²) < 4.78 is 2.10. The topological polar surface area (TPSA) is 46.1 Å². The molecule has 2 aromatic heterocycles. The van der Waals surface area contributed by atoms with E-state index in [0.717, 1.165) is 44.8 Å². The smallest absolute Gasteiger partial charge is 0.232 e.